The molecule has 0 aromatic carbocycles. The standard InChI is InChI=1S/C35H59NO8S/c1-20-17-21(28(37)31(4,5)39)43-27-26(20)32(6)13-14-35-19-34(35)12-11-24(44-25-18-36(15-16-42-25)45(8,40)41)30(2,3)22(34)9-10-23(35)33(32,7)29(27)38/h20-29,37-39H,9-19H2,1-8H3/t20-,21-,22+,23+,24+,25+,26?,27+,28+,29+,32-,33-,34-,35+/m1/s1. The van der Waals surface area contributed by atoms with E-state index in [1.54, 1.807) is 13.8 Å². The minimum absolute atomic E-state index is 0.00426. The van der Waals surface area contributed by atoms with E-state index in [1.807, 2.05) is 0 Å². The Bertz CT molecular complexity index is 1300. The van der Waals surface area contributed by atoms with Crippen LogP contribution in [0.2, 0.25) is 0 Å². The Balaban J connectivity index is 1.13. The molecule has 45 heavy (non-hydrogen) atoms. The van der Waals surface area contributed by atoms with E-state index >= 15 is 0 Å². The molecular weight excluding hydrogens is 594 g/mol. The number of hydrogen-bond donors (Lipinski definition) is 3. The summed E-state index contributed by atoms with van der Waals surface area (Å²) >= 11 is 0. The molecular formula is C35H59NO8S. The Morgan fingerprint density at radius 2 is 1.69 bits per heavy atom. The SMILES string of the molecule is C[C@@H]1C[C@H]([C@H](O)C(C)(C)O)O[C@H]2C1[C@@]1(C)CC[C@@]34C[C@@]35CC[C@H](O[C@H]3CN(S(C)(=O)=O)CCO3)C(C)(C)[C@@H]5CC[C@H]4[C@]1(C)[C@H]2O. The van der Waals surface area contributed by atoms with Gasteiger partial charge >= 0.3 is 0 Å². The van der Waals surface area contributed by atoms with Crippen LogP contribution in [0, 0.1) is 50.7 Å². The molecule has 0 radical (unpaired) electrons. The number of nitrogens with zero attached hydrogens (tertiary/aromatic N) is 1. The molecule has 10 heteroatoms. The molecule has 7 fully saturated rings. The number of sulfonamides is 1. The zero-order valence-electron chi connectivity index (χ0n) is 28.8. The lowest BCUT2D eigenvalue weighted by atomic mass is 9.41. The highest BCUT2D eigenvalue weighted by Gasteiger charge is 2.84. The monoisotopic (exact) mass is 653 g/mol. The summed E-state index contributed by atoms with van der Waals surface area (Å²) in [5.74, 6) is 1.41. The fraction of sp³-hybridized carbons (Fsp3) is 1.00. The van der Waals surface area contributed by atoms with Crippen LogP contribution in [0.3, 0.4) is 0 Å². The predicted octanol–water partition coefficient (Wildman–Crippen LogP) is 3.93. The summed E-state index contributed by atoms with van der Waals surface area (Å²) in [6, 6.07) is 0. The van der Waals surface area contributed by atoms with Gasteiger partial charge in [-0.05, 0) is 111 Å². The van der Waals surface area contributed by atoms with Crippen molar-refractivity contribution >= 4 is 10.0 Å². The van der Waals surface area contributed by atoms with Crippen molar-refractivity contribution in [3.05, 3.63) is 0 Å². The van der Waals surface area contributed by atoms with Crippen LogP contribution in [-0.2, 0) is 24.2 Å². The molecule has 2 aliphatic heterocycles. The summed E-state index contributed by atoms with van der Waals surface area (Å²) in [6.45, 7) is 16.0. The average Bonchev–Trinajstić information content (AvgIpc) is 3.58. The first-order valence-electron chi connectivity index (χ1n) is 17.7. The second-order valence-electron chi connectivity index (χ2n) is 18.2. The summed E-state index contributed by atoms with van der Waals surface area (Å²) in [5, 5.41) is 34.0. The van der Waals surface area contributed by atoms with Crippen molar-refractivity contribution in [3.63, 3.8) is 0 Å². The zero-order valence-corrected chi connectivity index (χ0v) is 29.6. The molecule has 2 saturated heterocycles. The molecule has 7 rings (SSSR count). The van der Waals surface area contributed by atoms with Crippen molar-refractivity contribution < 1.29 is 37.9 Å². The van der Waals surface area contributed by atoms with Gasteiger partial charge in [-0.2, -0.15) is 4.31 Å². The van der Waals surface area contributed by atoms with E-state index in [4.69, 9.17) is 14.2 Å². The van der Waals surface area contributed by atoms with Crippen LogP contribution in [-0.4, -0.2) is 96.4 Å². The zero-order chi connectivity index (χ0) is 32.8. The molecule has 1 unspecified atom stereocenters. The quantitative estimate of drug-likeness (QED) is 0.408. The van der Waals surface area contributed by atoms with Crippen LogP contribution in [0.4, 0.5) is 0 Å². The second kappa shape index (κ2) is 10.1. The van der Waals surface area contributed by atoms with Gasteiger partial charge in [0.1, 0.15) is 6.10 Å². The molecule has 0 bridgehead atoms. The predicted molar refractivity (Wildman–Crippen MR) is 169 cm³/mol. The van der Waals surface area contributed by atoms with Crippen molar-refractivity contribution in [2.45, 2.75) is 142 Å². The van der Waals surface area contributed by atoms with Gasteiger partial charge in [0.15, 0.2) is 6.29 Å². The lowest BCUT2D eigenvalue weighted by molar-refractivity contribution is -0.243. The highest BCUT2D eigenvalue weighted by atomic mass is 32.2. The first kappa shape index (κ1) is 33.2. The van der Waals surface area contributed by atoms with Gasteiger partial charge in [0.05, 0.1) is 49.4 Å². The van der Waals surface area contributed by atoms with E-state index < -0.39 is 40.2 Å². The lowest BCUT2D eigenvalue weighted by Crippen LogP contribution is -2.60. The molecule has 5 saturated carbocycles. The summed E-state index contributed by atoms with van der Waals surface area (Å²) < 4.78 is 45.2. The number of hydrogen-bond acceptors (Lipinski definition) is 8. The highest BCUT2D eigenvalue weighted by molar-refractivity contribution is 7.88. The van der Waals surface area contributed by atoms with Crippen LogP contribution in [0.25, 0.3) is 0 Å². The van der Waals surface area contributed by atoms with Gasteiger partial charge in [-0.15, -0.1) is 0 Å². The topological polar surface area (TPSA) is 126 Å². The van der Waals surface area contributed by atoms with E-state index in [2.05, 4.69) is 34.6 Å². The first-order valence-corrected chi connectivity index (χ1v) is 19.5. The number of ether oxygens (including phenoxy) is 3. The van der Waals surface area contributed by atoms with Gasteiger partial charge in [-0.1, -0.05) is 34.6 Å². The minimum Gasteiger partial charge on any atom is -0.390 e. The molecule has 2 spiro atoms. The van der Waals surface area contributed by atoms with Crippen molar-refractivity contribution in [2.24, 2.45) is 50.7 Å². The van der Waals surface area contributed by atoms with Crippen LogP contribution in [0.15, 0.2) is 0 Å². The first-order chi connectivity index (χ1) is 20.7. The third-order valence-electron chi connectivity index (χ3n) is 15.6. The third kappa shape index (κ3) is 4.37. The maximum absolute atomic E-state index is 12.4. The third-order valence-corrected chi connectivity index (χ3v) is 16.9. The van der Waals surface area contributed by atoms with Gasteiger partial charge in [0, 0.05) is 12.0 Å². The minimum atomic E-state index is -3.29. The van der Waals surface area contributed by atoms with Gasteiger partial charge < -0.3 is 29.5 Å². The van der Waals surface area contributed by atoms with Crippen molar-refractivity contribution in [1.29, 1.82) is 0 Å². The fourth-order valence-electron chi connectivity index (χ4n) is 13.4. The molecule has 0 amide bonds. The Hall–Kier alpha value is -0.330. The number of aliphatic hydroxyl groups is 3. The largest absolute Gasteiger partial charge is 0.390 e. The van der Waals surface area contributed by atoms with Crippen molar-refractivity contribution in [1.82, 2.24) is 4.31 Å². The Kier molecular flexibility index (Phi) is 7.46. The molecule has 0 aromatic heterocycles. The number of rotatable bonds is 5. The Labute approximate surface area is 270 Å². The molecule has 3 N–H and O–H groups in total. The molecule has 9 nitrogen and oxygen atoms in total. The summed E-state index contributed by atoms with van der Waals surface area (Å²) in [5.41, 5.74) is -1.24. The van der Waals surface area contributed by atoms with Crippen LogP contribution >= 0.6 is 0 Å². The van der Waals surface area contributed by atoms with Gasteiger partial charge in [0.2, 0.25) is 10.0 Å². The van der Waals surface area contributed by atoms with Crippen LogP contribution in [0.1, 0.15) is 99.8 Å². The number of morpholine rings is 1. The number of aliphatic hydroxyl groups excluding tert-OH is 2. The van der Waals surface area contributed by atoms with Crippen molar-refractivity contribution in [3.8, 4) is 0 Å². The molecule has 5 aliphatic carbocycles. The van der Waals surface area contributed by atoms with Crippen molar-refractivity contribution in [2.75, 3.05) is 26.0 Å². The maximum atomic E-state index is 12.4. The highest BCUT2D eigenvalue weighted by Crippen LogP contribution is 2.89. The summed E-state index contributed by atoms with van der Waals surface area (Å²) in [4.78, 5) is 0. The van der Waals surface area contributed by atoms with Gasteiger partial charge in [0.25, 0.3) is 0 Å². The number of fused-ring (bicyclic) bond motifs is 4. The van der Waals surface area contributed by atoms with E-state index in [0.717, 1.165) is 32.1 Å². The molecule has 258 valence electrons. The fourth-order valence-corrected chi connectivity index (χ4v) is 14.2. The Morgan fingerprint density at radius 3 is 2.36 bits per heavy atom. The van der Waals surface area contributed by atoms with E-state index in [9.17, 15) is 23.7 Å². The molecule has 2 heterocycles. The van der Waals surface area contributed by atoms with E-state index in [1.165, 1.54) is 23.4 Å². The molecule has 7 aliphatic rings. The lowest BCUT2D eigenvalue weighted by Gasteiger charge is -2.64. The summed E-state index contributed by atoms with van der Waals surface area (Å²) in [7, 11) is -3.29. The second-order valence-corrected chi connectivity index (χ2v) is 20.2. The van der Waals surface area contributed by atoms with Gasteiger partial charge in [-0.25, -0.2) is 8.42 Å². The van der Waals surface area contributed by atoms with E-state index in [0.29, 0.717) is 31.4 Å². The average molecular weight is 654 g/mol. The summed E-state index contributed by atoms with van der Waals surface area (Å²) in [6.07, 6.45) is 6.68. The Morgan fingerprint density at radius 1 is 1.02 bits per heavy atom. The van der Waals surface area contributed by atoms with E-state index in [-0.39, 0.29) is 57.7 Å². The molecule has 14 atom stereocenters. The maximum Gasteiger partial charge on any atom is 0.211 e. The van der Waals surface area contributed by atoms with Crippen LogP contribution in [0.5, 0.6) is 0 Å². The smallest absolute Gasteiger partial charge is 0.211 e. The van der Waals surface area contributed by atoms with Gasteiger partial charge in [-0.3, -0.25) is 0 Å². The normalized spacial score (nSPS) is 53.4. The van der Waals surface area contributed by atoms with Crippen LogP contribution < -0.4 is 0 Å². The molecule has 0 aromatic rings.